The van der Waals surface area contributed by atoms with Crippen molar-refractivity contribution in [3.05, 3.63) is 64.5 Å². The van der Waals surface area contributed by atoms with E-state index in [1.54, 1.807) is 13.1 Å². The second-order valence-corrected chi connectivity index (χ2v) is 8.12. The van der Waals surface area contributed by atoms with Gasteiger partial charge in [0.25, 0.3) is 5.91 Å². The number of aryl methyl sites for hydroxylation is 2. The molecule has 1 aliphatic rings. The molecule has 0 aliphatic heterocycles. The van der Waals surface area contributed by atoms with Gasteiger partial charge in [0, 0.05) is 30.6 Å². The predicted molar refractivity (Wildman–Crippen MR) is 128 cm³/mol. The van der Waals surface area contributed by atoms with Crippen molar-refractivity contribution in [1.82, 2.24) is 10.3 Å². The monoisotopic (exact) mass is 436 g/mol. The Balaban J connectivity index is 1.70. The lowest BCUT2D eigenvalue weighted by atomic mass is 10.0. The minimum absolute atomic E-state index is 0.0553. The molecule has 2 aromatic rings. The van der Waals surface area contributed by atoms with Crippen LogP contribution in [0.1, 0.15) is 51.9 Å². The average molecular weight is 437 g/mol. The van der Waals surface area contributed by atoms with Crippen LogP contribution >= 0.6 is 0 Å². The zero-order valence-corrected chi connectivity index (χ0v) is 18.9. The first-order valence-corrected chi connectivity index (χ1v) is 10.7. The Bertz CT molecular complexity index is 1050. The second-order valence-electron chi connectivity index (χ2n) is 8.12. The summed E-state index contributed by atoms with van der Waals surface area (Å²) in [6.45, 7) is 4.70. The second kappa shape index (κ2) is 10.3. The summed E-state index contributed by atoms with van der Waals surface area (Å²) in [5.41, 5.74) is 22.5. The van der Waals surface area contributed by atoms with Gasteiger partial charge in [-0.1, -0.05) is 18.2 Å². The van der Waals surface area contributed by atoms with E-state index in [1.165, 1.54) is 23.5 Å². The number of hydrogen-bond donors (Lipinski definition) is 4. The number of amidine groups is 1. The van der Waals surface area contributed by atoms with Crippen molar-refractivity contribution in [2.75, 3.05) is 12.8 Å². The van der Waals surface area contributed by atoms with Gasteiger partial charge in [-0.15, -0.1) is 0 Å². The normalized spacial score (nSPS) is 19.2. The van der Waals surface area contributed by atoms with Gasteiger partial charge in [-0.05, 0) is 55.9 Å². The number of amides is 1. The van der Waals surface area contributed by atoms with Crippen LogP contribution in [-0.4, -0.2) is 35.9 Å². The van der Waals surface area contributed by atoms with Gasteiger partial charge in [0.1, 0.15) is 11.7 Å². The van der Waals surface area contributed by atoms with Gasteiger partial charge < -0.3 is 27.3 Å². The highest BCUT2D eigenvalue weighted by Gasteiger charge is 2.30. The summed E-state index contributed by atoms with van der Waals surface area (Å²) in [7, 11) is 1.56. The fraction of sp³-hybridized carbons (Fsp3) is 0.375. The number of carbonyl (C=O) groups excluding carboxylic acids is 1. The molecule has 1 aromatic heterocycles. The van der Waals surface area contributed by atoms with Crippen LogP contribution in [0.15, 0.2) is 41.7 Å². The van der Waals surface area contributed by atoms with Crippen LogP contribution in [-0.2, 0) is 11.3 Å². The van der Waals surface area contributed by atoms with E-state index in [2.05, 4.69) is 47.3 Å². The largest absolute Gasteiger partial charge is 0.404 e. The van der Waals surface area contributed by atoms with Crippen molar-refractivity contribution in [2.24, 2.45) is 16.5 Å². The van der Waals surface area contributed by atoms with Crippen molar-refractivity contribution in [3.8, 4) is 0 Å². The molecule has 1 aromatic carbocycles. The molecule has 8 nitrogen and oxygen atoms in total. The fourth-order valence-electron chi connectivity index (χ4n) is 3.89. The summed E-state index contributed by atoms with van der Waals surface area (Å²) in [6.07, 6.45) is 5.53. The first kappa shape index (κ1) is 23.3. The Kier molecular flexibility index (Phi) is 7.48. The molecule has 0 radical (unpaired) electrons. The lowest BCUT2D eigenvalue weighted by molar-refractivity contribution is 0.0272. The summed E-state index contributed by atoms with van der Waals surface area (Å²) in [4.78, 5) is 21.1. The summed E-state index contributed by atoms with van der Waals surface area (Å²) < 4.78 is 6.17. The SMILES string of the molecule is CN=C(N)C(=CN)c1cnc(N)c(C(=O)N[C@H]2CCC[C@@H]2OCc2ccc(C)c(C)c2)c1. The molecule has 0 saturated heterocycles. The Labute approximate surface area is 188 Å². The Morgan fingerprint density at radius 1 is 1.28 bits per heavy atom. The maximum atomic E-state index is 13.0. The molecule has 7 N–H and O–H groups in total. The topological polar surface area (TPSA) is 142 Å². The molecule has 3 rings (SSSR count). The fourth-order valence-corrected chi connectivity index (χ4v) is 3.89. The van der Waals surface area contributed by atoms with Gasteiger partial charge in [0.2, 0.25) is 0 Å². The molecule has 1 heterocycles. The number of nitrogens with two attached hydrogens (primary N) is 3. The molecule has 32 heavy (non-hydrogen) atoms. The van der Waals surface area contributed by atoms with Crippen LogP contribution < -0.4 is 22.5 Å². The van der Waals surface area contributed by atoms with Crippen LogP contribution in [0.25, 0.3) is 5.57 Å². The number of nitrogens with zero attached hydrogens (tertiary/aromatic N) is 2. The van der Waals surface area contributed by atoms with Crippen LogP contribution in [0.3, 0.4) is 0 Å². The van der Waals surface area contributed by atoms with Crippen molar-refractivity contribution in [2.45, 2.75) is 51.9 Å². The number of pyridine rings is 1. The highest BCUT2D eigenvalue weighted by Crippen LogP contribution is 2.25. The molecule has 1 aliphatic carbocycles. The van der Waals surface area contributed by atoms with E-state index in [1.807, 2.05) is 0 Å². The minimum atomic E-state index is -0.299. The van der Waals surface area contributed by atoms with E-state index in [-0.39, 0.29) is 35.3 Å². The Hall–Kier alpha value is -3.39. The molecule has 0 unspecified atom stereocenters. The maximum Gasteiger partial charge on any atom is 0.255 e. The van der Waals surface area contributed by atoms with Crippen LogP contribution in [0.4, 0.5) is 5.82 Å². The number of carbonyl (C=O) groups is 1. The third-order valence-electron chi connectivity index (χ3n) is 5.96. The number of ether oxygens (including phenoxy) is 1. The molecule has 0 bridgehead atoms. The lowest BCUT2D eigenvalue weighted by Crippen LogP contribution is -2.41. The number of aliphatic imine (C=N–C) groups is 1. The molecule has 0 spiro atoms. The Morgan fingerprint density at radius 2 is 2.06 bits per heavy atom. The first-order valence-electron chi connectivity index (χ1n) is 10.7. The van der Waals surface area contributed by atoms with Crippen LogP contribution in [0, 0.1) is 13.8 Å². The lowest BCUT2D eigenvalue weighted by Gasteiger charge is -2.22. The quantitative estimate of drug-likeness (QED) is 0.388. The van der Waals surface area contributed by atoms with E-state index < -0.39 is 0 Å². The van der Waals surface area contributed by atoms with Gasteiger partial charge in [-0.2, -0.15) is 0 Å². The first-order chi connectivity index (χ1) is 15.3. The molecule has 1 fully saturated rings. The summed E-state index contributed by atoms with van der Waals surface area (Å²) in [5.74, 6) is 0.0909. The van der Waals surface area contributed by atoms with Gasteiger partial charge in [-0.25, -0.2) is 4.98 Å². The van der Waals surface area contributed by atoms with Gasteiger partial charge in [-0.3, -0.25) is 9.79 Å². The average Bonchev–Trinajstić information content (AvgIpc) is 3.22. The summed E-state index contributed by atoms with van der Waals surface area (Å²) >= 11 is 0. The zero-order chi connectivity index (χ0) is 23.3. The molecular formula is C24H32N6O2. The van der Waals surface area contributed by atoms with Crippen LogP contribution in [0.5, 0.6) is 0 Å². The molecule has 170 valence electrons. The molecule has 2 atom stereocenters. The summed E-state index contributed by atoms with van der Waals surface area (Å²) in [5, 5.41) is 3.07. The standard InChI is InChI=1S/C24H32N6O2/c1-14-7-8-16(9-15(14)2)13-32-21-6-4-5-20(21)30-24(31)18-10-17(12-29-23(18)27)19(11-25)22(26)28-3/h7-12,20-21H,4-6,13,25H2,1-3H3,(H2,26,28)(H2,27,29)(H,30,31)/t20-,21-/m0/s1. The molecular weight excluding hydrogens is 404 g/mol. The van der Waals surface area contributed by atoms with E-state index in [9.17, 15) is 4.79 Å². The molecule has 8 heteroatoms. The highest BCUT2D eigenvalue weighted by atomic mass is 16.5. The molecule has 1 amide bonds. The zero-order valence-electron chi connectivity index (χ0n) is 18.9. The number of nitrogen functional groups attached to an aromatic ring is 1. The Morgan fingerprint density at radius 3 is 2.75 bits per heavy atom. The predicted octanol–water partition coefficient (Wildman–Crippen LogP) is 2.43. The maximum absolute atomic E-state index is 13.0. The number of rotatable bonds is 7. The van der Waals surface area contributed by atoms with Gasteiger partial charge in [0.05, 0.1) is 24.3 Å². The van der Waals surface area contributed by atoms with Crippen molar-refractivity contribution in [1.29, 1.82) is 0 Å². The summed E-state index contributed by atoms with van der Waals surface area (Å²) in [6, 6.07) is 7.86. The number of anilines is 1. The van der Waals surface area contributed by atoms with Crippen molar-refractivity contribution < 1.29 is 9.53 Å². The molecule has 1 saturated carbocycles. The van der Waals surface area contributed by atoms with E-state index in [0.29, 0.717) is 17.7 Å². The van der Waals surface area contributed by atoms with E-state index >= 15 is 0 Å². The highest BCUT2D eigenvalue weighted by molar-refractivity contribution is 6.22. The third-order valence-corrected chi connectivity index (χ3v) is 5.96. The van der Waals surface area contributed by atoms with Crippen molar-refractivity contribution >= 4 is 23.1 Å². The number of hydrogen-bond acceptors (Lipinski definition) is 6. The third kappa shape index (κ3) is 5.26. The minimum Gasteiger partial charge on any atom is -0.404 e. The van der Waals surface area contributed by atoms with Crippen LogP contribution in [0.2, 0.25) is 0 Å². The van der Waals surface area contributed by atoms with Gasteiger partial charge in [0.15, 0.2) is 0 Å². The van der Waals surface area contributed by atoms with E-state index in [4.69, 9.17) is 21.9 Å². The number of nitrogens with one attached hydrogen (secondary N) is 1. The number of aromatic nitrogens is 1. The van der Waals surface area contributed by atoms with E-state index in [0.717, 1.165) is 24.8 Å². The number of benzene rings is 1. The smallest absolute Gasteiger partial charge is 0.255 e. The van der Waals surface area contributed by atoms with Gasteiger partial charge >= 0.3 is 0 Å². The van der Waals surface area contributed by atoms with Crippen molar-refractivity contribution in [3.63, 3.8) is 0 Å².